The third-order valence-electron chi connectivity index (χ3n) is 3.80. The van der Waals surface area contributed by atoms with E-state index in [0.29, 0.717) is 11.6 Å². The molecule has 1 aliphatic carbocycles. The Morgan fingerprint density at radius 1 is 1.35 bits per heavy atom. The Morgan fingerprint density at radius 2 is 2.09 bits per heavy atom. The van der Waals surface area contributed by atoms with Crippen molar-refractivity contribution in [2.45, 2.75) is 38.6 Å². The Morgan fingerprint density at radius 3 is 2.70 bits per heavy atom. The second-order valence-corrected chi connectivity index (χ2v) is 7.20. The molecule has 122 valence electrons. The van der Waals surface area contributed by atoms with Gasteiger partial charge in [-0.15, -0.1) is 11.3 Å². The quantitative estimate of drug-likeness (QED) is 0.782. The number of anilines is 1. The molecular weight excluding hydrogens is 314 g/mol. The van der Waals surface area contributed by atoms with Gasteiger partial charge in [0.1, 0.15) is 6.04 Å². The van der Waals surface area contributed by atoms with Gasteiger partial charge in [0.05, 0.1) is 15.2 Å². The van der Waals surface area contributed by atoms with Gasteiger partial charge in [-0.1, -0.05) is 13.8 Å². The zero-order valence-electron chi connectivity index (χ0n) is 13.0. The number of aromatic nitrogens is 1. The van der Waals surface area contributed by atoms with Crippen molar-refractivity contribution in [3.63, 3.8) is 0 Å². The lowest BCUT2D eigenvalue weighted by molar-refractivity contribution is -0.139. The summed E-state index contributed by atoms with van der Waals surface area (Å²) in [5, 5.41) is 15.4. The number of fused-ring (bicyclic) bond motifs is 1. The molecule has 7 heteroatoms. The summed E-state index contributed by atoms with van der Waals surface area (Å²) in [5.74, 6) is -0.570. The van der Waals surface area contributed by atoms with E-state index in [-0.39, 0.29) is 5.92 Å². The Kier molecular flexibility index (Phi) is 4.21. The number of nitrogens with one attached hydrogen (secondary N) is 2. The number of carbonyl (C=O) groups excluding carboxylic acids is 1. The van der Waals surface area contributed by atoms with E-state index in [1.54, 1.807) is 17.4 Å². The van der Waals surface area contributed by atoms with Gasteiger partial charge in [0, 0.05) is 11.6 Å². The molecule has 1 unspecified atom stereocenters. The fourth-order valence-corrected chi connectivity index (χ4v) is 3.40. The van der Waals surface area contributed by atoms with Crippen LogP contribution in [0.4, 0.5) is 10.5 Å². The summed E-state index contributed by atoms with van der Waals surface area (Å²) < 4.78 is 1.00. The second-order valence-electron chi connectivity index (χ2n) is 6.14. The molecule has 1 aliphatic rings. The molecule has 0 saturated heterocycles. The summed E-state index contributed by atoms with van der Waals surface area (Å²) >= 11 is 1.60. The van der Waals surface area contributed by atoms with Crippen molar-refractivity contribution in [3.8, 4) is 0 Å². The molecule has 1 heterocycles. The highest BCUT2D eigenvalue weighted by molar-refractivity contribution is 7.18. The molecule has 0 spiro atoms. The van der Waals surface area contributed by atoms with Gasteiger partial charge in [-0.25, -0.2) is 14.6 Å². The Bertz CT molecular complexity index is 752. The molecule has 2 aromatic rings. The first kappa shape index (κ1) is 15.7. The summed E-state index contributed by atoms with van der Waals surface area (Å²) in [6.07, 6.45) is 1.70. The van der Waals surface area contributed by atoms with E-state index in [1.807, 2.05) is 12.1 Å². The van der Waals surface area contributed by atoms with E-state index in [9.17, 15) is 9.59 Å². The highest BCUT2D eigenvalue weighted by Gasteiger charge is 2.37. The summed E-state index contributed by atoms with van der Waals surface area (Å²) in [6.45, 7) is 4.18. The van der Waals surface area contributed by atoms with Crippen LogP contribution in [0.5, 0.6) is 0 Å². The highest BCUT2D eigenvalue weighted by Crippen LogP contribution is 2.33. The molecule has 3 N–H and O–H groups in total. The van der Waals surface area contributed by atoms with Gasteiger partial charge >= 0.3 is 12.0 Å². The number of carboxylic acids is 1. The summed E-state index contributed by atoms with van der Waals surface area (Å²) in [4.78, 5) is 27.7. The third-order valence-corrected chi connectivity index (χ3v) is 5.12. The first-order chi connectivity index (χ1) is 10.9. The Balaban J connectivity index is 1.70. The van der Waals surface area contributed by atoms with Gasteiger partial charge in [0.15, 0.2) is 0 Å². The van der Waals surface area contributed by atoms with E-state index < -0.39 is 18.0 Å². The second kappa shape index (κ2) is 6.16. The molecule has 1 aromatic carbocycles. The number of hydrogen-bond donors (Lipinski definition) is 3. The van der Waals surface area contributed by atoms with Crippen molar-refractivity contribution < 1.29 is 14.7 Å². The zero-order valence-corrected chi connectivity index (χ0v) is 13.8. The molecule has 3 rings (SSSR count). The van der Waals surface area contributed by atoms with Gasteiger partial charge in [0.2, 0.25) is 0 Å². The minimum Gasteiger partial charge on any atom is -0.480 e. The van der Waals surface area contributed by atoms with Gasteiger partial charge in [0.25, 0.3) is 0 Å². The molecule has 1 atom stereocenters. The highest BCUT2D eigenvalue weighted by atomic mass is 32.1. The monoisotopic (exact) mass is 333 g/mol. The zero-order chi connectivity index (χ0) is 16.6. The predicted octanol–water partition coefficient (Wildman–Crippen LogP) is 3.40. The number of hydrogen-bond acceptors (Lipinski definition) is 4. The normalized spacial score (nSPS) is 15.6. The smallest absolute Gasteiger partial charge is 0.326 e. The molecule has 1 aromatic heterocycles. The van der Waals surface area contributed by atoms with E-state index >= 15 is 0 Å². The van der Waals surface area contributed by atoms with Gasteiger partial charge in [-0.2, -0.15) is 0 Å². The van der Waals surface area contributed by atoms with Gasteiger partial charge in [-0.3, -0.25) is 0 Å². The van der Waals surface area contributed by atoms with Crippen LogP contribution in [-0.2, 0) is 4.79 Å². The lowest BCUT2D eigenvalue weighted by Gasteiger charge is -2.14. The molecule has 0 bridgehead atoms. The first-order valence-electron chi connectivity index (χ1n) is 7.65. The van der Waals surface area contributed by atoms with Crippen molar-refractivity contribution in [3.05, 3.63) is 23.2 Å². The lowest BCUT2D eigenvalue weighted by Crippen LogP contribution is -2.44. The number of nitrogens with zero attached hydrogens (tertiary/aromatic N) is 1. The van der Waals surface area contributed by atoms with Crippen LogP contribution in [0.15, 0.2) is 18.2 Å². The van der Waals surface area contributed by atoms with Crippen LogP contribution in [0.2, 0.25) is 0 Å². The predicted molar refractivity (Wildman–Crippen MR) is 90.0 cm³/mol. The van der Waals surface area contributed by atoms with Crippen LogP contribution in [0, 0.1) is 5.92 Å². The number of carboxylic acid groups (broad SMARTS) is 1. The average Bonchev–Trinajstić information content (AvgIpc) is 3.22. The number of thiazole rings is 1. The Labute approximate surface area is 137 Å². The van der Waals surface area contributed by atoms with Crippen LogP contribution < -0.4 is 10.6 Å². The summed E-state index contributed by atoms with van der Waals surface area (Å²) in [7, 11) is 0. The fourth-order valence-electron chi connectivity index (χ4n) is 2.39. The maximum atomic E-state index is 12.0. The summed E-state index contributed by atoms with van der Waals surface area (Å²) in [5.41, 5.74) is 1.54. The number of carbonyl (C=O) groups is 2. The van der Waals surface area contributed by atoms with Crippen molar-refractivity contribution in [2.24, 2.45) is 5.92 Å². The minimum atomic E-state index is -0.984. The number of amides is 2. The first-order valence-corrected chi connectivity index (χ1v) is 8.46. The van der Waals surface area contributed by atoms with Crippen LogP contribution in [0.3, 0.4) is 0 Å². The number of aliphatic carboxylic acids is 1. The number of benzene rings is 1. The largest absolute Gasteiger partial charge is 0.480 e. The maximum absolute atomic E-state index is 12.0. The summed E-state index contributed by atoms with van der Waals surface area (Å²) in [6, 6.07) is 4.21. The third kappa shape index (κ3) is 3.61. The van der Waals surface area contributed by atoms with Crippen LogP contribution in [-0.4, -0.2) is 28.1 Å². The molecular formula is C16H19N3O3S. The van der Waals surface area contributed by atoms with Crippen LogP contribution in [0.1, 0.15) is 37.6 Å². The van der Waals surface area contributed by atoms with Crippen molar-refractivity contribution in [1.82, 2.24) is 10.3 Å². The van der Waals surface area contributed by atoms with Crippen molar-refractivity contribution in [2.75, 3.05) is 5.32 Å². The van der Waals surface area contributed by atoms with E-state index in [0.717, 1.165) is 28.1 Å². The standard InChI is InChI=1S/C16H19N3O3S/c1-8(2)14-18-11-6-5-10(7-12(11)23-14)17-16(22)19-13(15(20)21)9-3-4-9/h5-9,13H,3-4H2,1-2H3,(H,20,21)(H2,17,19,22). The maximum Gasteiger partial charge on any atom is 0.326 e. The van der Waals surface area contributed by atoms with Gasteiger partial charge in [-0.05, 0) is 37.0 Å². The molecule has 1 fully saturated rings. The van der Waals surface area contributed by atoms with Crippen LogP contribution >= 0.6 is 11.3 Å². The van der Waals surface area contributed by atoms with Crippen molar-refractivity contribution in [1.29, 1.82) is 0 Å². The Hall–Kier alpha value is -2.15. The molecule has 23 heavy (non-hydrogen) atoms. The molecule has 6 nitrogen and oxygen atoms in total. The van der Waals surface area contributed by atoms with Crippen LogP contribution in [0.25, 0.3) is 10.2 Å². The molecule has 0 aliphatic heterocycles. The molecule has 1 saturated carbocycles. The average molecular weight is 333 g/mol. The van der Waals surface area contributed by atoms with Crippen molar-refractivity contribution >= 4 is 39.2 Å². The van der Waals surface area contributed by atoms with E-state index in [4.69, 9.17) is 5.11 Å². The molecule has 2 amide bonds. The fraction of sp³-hybridized carbons (Fsp3) is 0.438. The molecule has 0 radical (unpaired) electrons. The number of rotatable bonds is 5. The SMILES string of the molecule is CC(C)c1nc2ccc(NC(=O)NC(C(=O)O)C3CC3)cc2s1. The van der Waals surface area contributed by atoms with Gasteiger partial charge < -0.3 is 15.7 Å². The minimum absolute atomic E-state index is 0.0517. The lowest BCUT2D eigenvalue weighted by atomic mass is 10.2. The topological polar surface area (TPSA) is 91.3 Å². The number of urea groups is 1. The van der Waals surface area contributed by atoms with E-state index in [2.05, 4.69) is 29.5 Å². The van der Waals surface area contributed by atoms with E-state index in [1.165, 1.54) is 0 Å².